The smallest absolute Gasteiger partial charge is 0.191 e. The van der Waals surface area contributed by atoms with E-state index in [0.717, 1.165) is 24.6 Å². The second kappa shape index (κ2) is 12.8. The van der Waals surface area contributed by atoms with Gasteiger partial charge in [-0.2, -0.15) is 5.10 Å². The Balaban J connectivity index is 0.00000420. The first kappa shape index (κ1) is 25.4. The van der Waals surface area contributed by atoms with Crippen LogP contribution < -0.4 is 10.6 Å². The van der Waals surface area contributed by atoms with Gasteiger partial charge in [-0.05, 0) is 57.7 Å². The Bertz CT molecular complexity index is 788. The van der Waals surface area contributed by atoms with Crippen LogP contribution in [0.2, 0.25) is 0 Å². The van der Waals surface area contributed by atoms with Gasteiger partial charge in [-0.1, -0.05) is 24.3 Å². The van der Waals surface area contributed by atoms with E-state index < -0.39 is 0 Å². The van der Waals surface area contributed by atoms with Gasteiger partial charge in [0.1, 0.15) is 0 Å². The molecule has 0 aliphatic rings. The van der Waals surface area contributed by atoms with Crippen LogP contribution in [0.4, 0.5) is 0 Å². The van der Waals surface area contributed by atoms with Crippen LogP contribution in [0.3, 0.4) is 0 Å². The van der Waals surface area contributed by atoms with E-state index in [-0.39, 0.29) is 30.0 Å². The first-order chi connectivity index (χ1) is 13.5. The van der Waals surface area contributed by atoms with Crippen LogP contribution in [-0.4, -0.2) is 34.9 Å². The number of nitrogens with one attached hydrogen (secondary N) is 2. The summed E-state index contributed by atoms with van der Waals surface area (Å²) >= 11 is 0. The summed E-state index contributed by atoms with van der Waals surface area (Å²) in [6.07, 6.45) is 0.914. The number of aryl methyl sites for hydroxylation is 2. The van der Waals surface area contributed by atoms with Gasteiger partial charge in [0.2, 0.25) is 0 Å². The monoisotopic (exact) mass is 513 g/mol. The fraction of sp³-hybridized carbons (Fsp3) is 0.545. The minimum atomic E-state index is 0. The molecule has 0 bridgehead atoms. The lowest BCUT2D eigenvalue weighted by atomic mass is 10.1. The molecule has 2 rings (SSSR count). The normalized spacial score (nSPS) is 12.4. The molecule has 1 unspecified atom stereocenters. The van der Waals surface area contributed by atoms with Gasteiger partial charge >= 0.3 is 0 Å². The van der Waals surface area contributed by atoms with Crippen molar-refractivity contribution in [3.05, 3.63) is 52.3 Å². The molecule has 0 fully saturated rings. The topological polar surface area (TPSA) is 63.5 Å². The molecular weight excluding hydrogens is 477 g/mol. The minimum absolute atomic E-state index is 0. The summed E-state index contributed by atoms with van der Waals surface area (Å²) in [5, 5.41) is 11.4. The van der Waals surface area contributed by atoms with Gasteiger partial charge in [0.15, 0.2) is 5.96 Å². The van der Waals surface area contributed by atoms with Gasteiger partial charge in [0.25, 0.3) is 0 Å². The third-order valence-corrected chi connectivity index (χ3v) is 4.88. The molecule has 7 heteroatoms. The average Bonchev–Trinajstić information content (AvgIpc) is 2.91. The highest BCUT2D eigenvalue weighted by Gasteiger charge is 2.14. The third kappa shape index (κ3) is 7.62. The summed E-state index contributed by atoms with van der Waals surface area (Å²) in [5.74, 6) is 0.834. The molecule has 1 heterocycles. The minimum Gasteiger partial charge on any atom is -0.377 e. The molecule has 0 saturated carbocycles. The number of aromatic nitrogens is 2. The van der Waals surface area contributed by atoms with Gasteiger partial charge in [0, 0.05) is 31.9 Å². The highest BCUT2D eigenvalue weighted by molar-refractivity contribution is 14.0. The first-order valence-corrected chi connectivity index (χ1v) is 10.1. The van der Waals surface area contributed by atoms with E-state index in [1.165, 1.54) is 22.4 Å². The lowest BCUT2D eigenvalue weighted by Crippen LogP contribution is -2.43. The van der Waals surface area contributed by atoms with E-state index >= 15 is 0 Å². The number of nitrogens with zero attached hydrogens (tertiary/aromatic N) is 3. The zero-order valence-corrected chi connectivity index (χ0v) is 20.9. The molecule has 0 radical (unpaired) electrons. The van der Waals surface area contributed by atoms with Crippen LogP contribution in [0, 0.1) is 13.8 Å². The van der Waals surface area contributed by atoms with Crippen LogP contribution in [-0.2, 0) is 31.4 Å². The molecule has 0 aliphatic heterocycles. The maximum atomic E-state index is 5.58. The number of aliphatic imine (C=N–C) groups is 1. The van der Waals surface area contributed by atoms with Crippen molar-refractivity contribution < 1.29 is 4.74 Å². The number of benzene rings is 1. The molecular formula is C22H36IN5O. The number of hydrogen-bond acceptors (Lipinski definition) is 3. The third-order valence-electron chi connectivity index (χ3n) is 4.88. The highest BCUT2D eigenvalue weighted by atomic mass is 127. The van der Waals surface area contributed by atoms with Crippen LogP contribution in [0.15, 0.2) is 29.3 Å². The second-order valence-corrected chi connectivity index (χ2v) is 7.12. The van der Waals surface area contributed by atoms with Gasteiger partial charge in [-0.15, -0.1) is 24.0 Å². The predicted molar refractivity (Wildman–Crippen MR) is 131 cm³/mol. The van der Waals surface area contributed by atoms with Crippen LogP contribution in [0.5, 0.6) is 0 Å². The van der Waals surface area contributed by atoms with Gasteiger partial charge < -0.3 is 15.4 Å². The number of hydrogen-bond donors (Lipinski definition) is 2. The fourth-order valence-electron chi connectivity index (χ4n) is 3.25. The zero-order valence-electron chi connectivity index (χ0n) is 18.6. The summed E-state index contributed by atoms with van der Waals surface area (Å²) in [7, 11) is 2.00. The van der Waals surface area contributed by atoms with E-state index in [9.17, 15) is 0 Å². The Morgan fingerprint density at radius 2 is 1.90 bits per heavy atom. The largest absolute Gasteiger partial charge is 0.377 e. The molecule has 1 aromatic carbocycles. The number of halogens is 1. The van der Waals surface area contributed by atoms with Crippen molar-refractivity contribution in [3.63, 3.8) is 0 Å². The SMILES string of the molecule is CCNC(=NCc1ccccc1COCC)NC(C)Cc1c(C)nn(C)c1C.I. The summed E-state index contributed by atoms with van der Waals surface area (Å²) in [4.78, 5) is 4.80. The number of guanidine groups is 1. The fourth-order valence-corrected chi connectivity index (χ4v) is 3.25. The average molecular weight is 513 g/mol. The molecule has 0 spiro atoms. The molecule has 0 amide bonds. The molecule has 162 valence electrons. The Hall–Kier alpha value is -1.61. The van der Waals surface area contributed by atoms with Crippen LogP contribution >= 0.6 is 24.0 Å². The molecule has 1 aromatic heterocycles. The van der Waals surface area contributed by atoms with E-state index in [1.54, 1.807) is 0 Å². The van der Waals surface area contributed by atoms with Gasteiger partial charge in [-0.25, -0.2) is 4.99 Å². The Kier molecular flexibility index (Phi) is 11.3. The highest BCUT2D eigenvalue weighted by Crippen LogP contribution is 2.14. The Morgan fingerprint density at radius 1 is 1.21 bits per heavy atom. The quantitative estimate of drug-likeness (QED) is 0.304. The van der Waals surface area contributed by atoms with Crippen molar-refractivity contribution in [1.29, 1.82) is 0 Å². The second-order valence-electron chi connectivity index (χ2n) is 7.12. The Labute approximate surface area is 192 Å². The van der Waals surface area contributed by atoms with Crippen LogP contribution in [0.1, 0.15) is 48.8 Å². The molecule has 29 heavy (non-hydrogen) atoms. The predicted octanol–water partition coefficient (Wildman–Crippen LogP) is 3.88. The van der Waals surface area contributed by atoms with E-state index in [0.29, 0.717) is 19.8 Å². The lowest BCUT2D eigenvalue weighted by Gasteiger charge is -2.18. The van der Waals surface area contributed by atoms with Crippen molar-refractivity contribution in [2.75, 3.05) is 13.2 Å². The molecule has 0 aliphatic carbocycles. The zero-order chi connectivity index (χ0) is 20.5. The van der Waals surface area contributed by atoms with Gasteiger partial charge in [-0.3, -0.25) is 4.68 Å². The van der Waals surface area contributed by atoms with Crippen molar-refractivity contribution in [3.8, 4) is 0 Å². The molecule has 2 N–H and O–H groups in total. The van der Waals surface area contributed by atoms with Crippen LogP contribution in [0.25, 0.3) is 0 Å². The lowest BCUT2D eigenvalue weighted by molar-refractivity contribution is 0.133. The number of ether oxygens (including phenoxy) is 1. The summed E-state index contributed by atoms with van der Waals surface area (Å²) in [6, 6.07) is 8.58. The molecule has 2 aromatic rings. The van der Waals surface area contributed by atoms with E-state index in [2.05, 4.69) is 61.6 Å². The number of rotatable bonds is 9. The van der Waals surface area contributed by atoms with E-state index in [4.69, 9.17) is 9.73 Å². The standard InChI is InChI=1S/C22H35N5O.HI/c1-7-23-22(24-14-19-11-9-10-12-20(19)15-28-8-2)25-16(3)13-21-17(4)26-27(6)18(21)5;/h9-12,16H,7-8,13-15H2,1-6H3,(H2,23,24,25);1H. The summed E-state index contributed by atoms with van der Waals surface area (Å²) in [5.41, 5.74) is 6.01. The van der Waals surface area contributed by atoms with E-state index in [1.807, 2.05) is 24.7 Å². The maximum absolute atomic E-state index is 5.58. The van der Waals surface area contributed by atoms with Gasteiger partial charge in [0.05, 0.1) is 18.8 Å². The summed E-state index contributed by atoms with van der Waals surface area (Å²) in [6.45, 7) is 13.3. The van der Waals surface area contributed by atoms with Crippen molar-refractivity contribution in [1.82, 2.24) is 20.4 Å². The van der Waals surface area contributed by atoms with Crippen molar-refractivity contribution in [2.24, 2.45) is 12.0 Å². The van der Waals surface area contributed by atoms with Crippen molar-refractivity contribution in [2.45, 2.75) is 60.2 Å². The first-order valence-electron chi connectivity index (χ1n) is 10.1. The molecule has 0 saturated heterocycles. The van der Waals surface area contributed by atoms with Crippen molar-refractivity contribution >= 4 is 29.9 Å². The maximum Gasteiger partial charge on any atom is 0.191 e. The summed E-state index contributed by atoms with van der Waals surface area (Å²) < 4.78 is 7.53. The Morgan fingerprint density at radius 3 is 2.48 bits per heavy atom. The molecule has 1 atom stereocenters. The molecule has 6 nitrogen and oxygen atoms in total.